The van der Waals surface area contributed by atoms with E-state index >= 15 is 0 Å². The number of halogens is 2. The van der Waals surface area contributed by atoms with Crippen molar-refractivity contribution in [3.63, 3.8) is 0 Å². The molecule has 148 valence electrons. The van der Waals surface area contributed by atoms with Crippen LogP contribution in [0.5, 0.6) is 5.75 Å². The number of alkyl halides is 2. The summed E-state index contributed by atoms with van der Waals surface area (Å²) in [6.45, 7) is -2.56. The lowest BCUT2D eigenvalue weighted by Gasteiger charge is -2.27. The van der Waals surface area contributed by atoms with Crippen LogP contribution in [0.4, 0.5) is 8.78 Å². The third kappa shape index (κ3) is 4.81. The number of ether oxygens (including phenoxy) is 1. The van der Waals surface area contributed by atoms with Crippen molar-refractivity contribution in [2.75, 3.05) is 18.7 Å². The highest BCUT2D eigenvalue weighted by atomic mass is 32.2. The third-order valence-corrected chi connectivity index (χ3v) is 5.41. The molecule has 0 spiro atoms. The molecule has 2 aromatic rings. The van der Waals surface area contributed by atoms with Gasteiger partial charge in [-0.25, -0.2) is 0 Å². The Labute approximate surface area is 166 Å². The molecule has 0 unspecified atom stereocenters. The van der Waals surface area contributed by atoms with Crippen molar-refractivity contribution in [1.29, 1.82) is 0 Å². The van der Waals surface area contributed by atoms with Crippen LogP contribution in [0.1, 0.15) is 15.9 Å². The second kappa shape index (κ2) is 9.05. The molecule has 2 aromatic carbocycles. The van der Waals surface area contributed by atoms with Gasteiger partial charge >= 0.3 is 6.61 Å². The Bertz CT molecular complexity index is 818. The number of hydrogen-bond donors (Lipinski definition) is 0. The third-order valence-electron chi connectivity index (χ3n) is 4.39. The zero-order valence-electron chi connectivity index (χ0n) is 15.3. The van der Waals surface area contributed by atoms with Crippen molar-refractivity contribution >= 4 is 23.6 Å². The Hall–Kier alpha value is -2.61. The van der Waals surface area contributed by atoms with E-state index in [-0.39, 0.29) is 17.6 Å². The van der Waals surface area contributed by atoms with E-state index in [1.54, 1.807) is 65.0 Å². The van der Waals surface area contributed by atoms with Crippen molar-refractivity contribution < 1.29 is 23.1 Å². The predicted molar refractivity (Wildman–Crippen MR) is 103 cm³/mol. The summed E-state index contributed by atoms with van der Waals surface area (Å²) < 4.78 is 28.8. The highest BCUT2D eigenvalue weighted by molar-refractivity contribution is 7.99. The first-order valence-corrected chi connectivity index (χ1v) is 9.83. The van der Waals surface area contributed by atoms with Gasteiger partial charge in [-0.1, -0.05) is 30.3 Å². The number of rotatable bonds is 6. The topological polar surface area (TPSA) is 49.9 Å². The minimum absolute atomic E-state index is 0.0690. The largest absolute Gasteiger partial charge is 0.435 e. The highest BCUT2D eigenvalue weighted by Gasteiger charge is 2.36. The molecule has 0 aliphatic carbocycles. The van der Waals surface area contributed by atoms with Crippen molar-refractivity contribution in [1.82, 2.24) is 9.80 Å². The van der Waals surface area contributed by atoms with Crippen LogP contribution in [0, 0.1) is 0 Å². The van der Waals surface area contributed by atoms with E-state index in [0.717, 1.165) is 5.56 Å². The molecule has 28 heavy (non-hydrogen) atoms. The molecule has 8 heteroatoms. The zero-order valence-corrected chi connectivity index (χ0v) is 16.1. The monoisotopic (exact) mass is 406 g/mol. The second-order valence-electron chi connectivity index (χ2n) is 6.37. The first kappa shape index (κ1) is 20.1. The molecule has 1 saturated heterocycles. The van der Waals surface area contributed by atoms with Crippen molar-refractivity contribution in [3.05, 3.63) is 65.7 Å². The zero-order chi connectivity index (χ0) is 20.1. The molecule has 1 heterocycles. The molecule has 2 amide bonds. The van der Waals surface area contributed by atoms with Crippen molar-refractivity contribution in [3.8, 4) is 5.75 Å². The van der Waals surface area contributed by atoms with E-state index in [9.17, 15) is 18.4 Å². The molecule has 1 aliphatic rings. The van der Waals surface area contributed by atoms with Crippen LogP contribution >= 0.6 is 11.8 Å². The van der Waals surface area contributed by atoms with Gasteiger partial charge in [0.1, 0.15) is 11.8 Å². The summed E-state index contributed by atoms with van der Waals surface area (Å²) in [5, 5.41) is 0. The van der Waals surface area contributed by atoms with Crippen LogP contribution in [0.3, 0.4) is 0 Å². The van der Waals surface area contributed by atoms with Gasteiger partial charge in [0, 0.05) is 24.9 Å². The van der Waals surface area contributed by atoms with Gasteiger partial charge in [-0.05, 0) is 29.8 Å². The Morgan fingerprint density at radius 3 is 2.50 bits per heavy atom. The lowest BCUT2D eigenvalue weighted by Crippen LogP contribution is -2.47. The van der Waals surface area contributed by atoms with Gasteiger partial charge in [-0.2, -0.15) is 8.78 Å². The van der Waals surface area contributed by atoms with Gasteiger partial charge in [0.25, 0.3) is 5.91 Å². The summed E-state index contributed by atoms with van der Waals surface area (Å²) in [5.74, 6) is 0.771. The number of carbonyl (C=O) groups excluding carboxylic acids is 2. The fourth-order valence-corrected chi connectivity index (χ4v) is 4.12. The second-order valence-corrected chi connectivity index (χ2v) is 7.37. The van der Waals surface area contributed by atoms with Crippen LogP contribution < -0.4 is 4.74 Å². The summed E-state index contributed by atoms with van der Waals surface area (Å²) in [7, 11) is 1.67. The average Bonchev–Trinajstić information content (AvgIpc) is 3.18. The van der Waals surface area contributed by atoms with Crippen molar-refractivity contribution in [2.24, 2.45) is 0 Å². The number of thioether (sulfide) groups is 1. The number of hydrogen-bond acceptors (Lipinski definition) is 4. The quantitative estimate of drug-likeness (QED) is 0.737. The number of benzene rings is 2. The van der Waals surface area contributed by atoms with Crippen LogP contribution in [-0.2, 0) is 11.3 Å². The molecule has 0 bridgehead atoms. The van der Waals surface area contributed by atoms with Gasteiger partial charge in [0.05, 0.1) is 5.88 Å². The SMILES string of the molecule is CN(Cc1ccc(OC(F)F)cc1)C(=O)[C@@H]1CSCN1C(=O)c1ccccc1. The fraction of sp³-hybridized carbons (Fsp3) is 0.300. The lowest BCUT2D eigenvalue weighted by atomic mass is 10.1. The average molecular weight is 406 g/mol. The Morgan fingerprint density at radius 1 is 1.18 bits per heavy atom. The van der Waals surface area contributed by atoms with E-state index in [4.69, 9.17) is 0 Å². The van der Waals surface area contributed by atoms with E-state index in [1.807, 2.05) is 6.07 Å². The van der Waals surface area contributed by atoms with Gasteiger partial charge in [0.2, 0.25) is 5.91 Å². The van der Waals surface area contributed by atoms with E-state index in [0.29, 0.717) is 23.7 Å². The molecule has 1 aliphatic heterocycles. The summed E-state index contributed by atoms with van der Waals surface area (Å²) in [4.78, 5) is 28.8. The number of amides is 2. The van der Waals surface area contributed by atoms with Gasteiger partial charge in [0.15, 0.2) is 0 Å². The number of nitrogens with zero attached hydrogens (tertiary/aromatic N) is 2. The van der Waals surface area contributed by atoms with Crippen LogP contribution in [0.25, 0.3) is 0 Å². The Morgan fingerprint density at radius 2 is 1.86 bits per heavy atom. The fourth-order valence-electron chi connectivity index (χ4n) is 2.98. The van der Waals surface area contributed by atoms with Crippen molar-refractivity contribution in [2.45, 2.75) is 19.2 Å². The molecular formula is C20H20F2N2O3S. The molecule has 0 aromatic heterocycles. The molecule has 0 N–H and O–H groups in total. The first-order chi connectivity index (χ1) is 13.5. The molecule has 0 radical (unpaired) electrons. The lowest BCUT2D eigenvalue weighted by molar-refractivity contribution is -0.134. The van der Waals surface area contributed by atoms with Crippen LogP contribution in [0.2, 0.25) is 0 Å². The van der Waals surface area contributed by atoms with E-state index in [2.05, 4.69) is 4.74 Å². The molecule has 1 atom stereocenters. The normalized spacial score (nSPS) is 16.3. The maximum Gasteiger partial charge on any atom is 0.387 e. The predicted octanol–water partition coefficient (Wildman–Crippen LogP) is 3.46. The van der Waals surface area contributed by atoms with E-state index < -0.39 is 12.7 Å². The smallest absolute Gasteiger partial charge is 0.387 e. The molecule has 3 rings (SSSR count). The maximum atomic E-state index is 12.9. The van der Waals surface area contributed by atoms with Gasteiger partial charge < -0.3 is 14.5 Å². The minimum atomic E-state index is -2.87. The Balaban J connectivity index is 1.64. The van der Waals surface area contributed by atoms with Crippen LogP contribution in [0.15, 0.2) is 54.6 Å². The molecule has 0 saturated carbocycles. The molecule has 1 fully saturated rings. The maximum absolute atomic E-state index is 12.9. The summed E-state index contributed by atoms with van der Waals surface area (Å²) in [6, 6.07) is 14.5. The van der Waals surface area contributed by atoms with Gasteiger partial charge in [-0.3, -0.25) is 9.59 Å². The summed E-state index contributed by atoms with van der Waals surface area (Å²) in [5.41, 5.74) is 1.34. The van der Waals surface area contributed by atoms with Gasteiger partial charge in [-0.15, -0.1) is 11.8 Å². The standard InChI is InChI=1S/C20H20F2N2O3S/c1-23(11-14-7-9-16(10-8-14)27-20(21)22)19(26)17-12-28-13-24(17)18(25)15-5-3-2-4-6-15/h2-10,17,20H,11-13H2,1H3/t17-/m0/s1. The summed E-state index contributed by atoms with van der Waals surface area (Å²) in [6.07, 6.45) is 0. The van der Waals surface area contributed by atoms with Crippen LogP contribution in [-0.4, -0.2) is 52.9 Å². The first-order valence-electron chi connectivity index (χ1n) is 8.68. The highest BCUT2D eigenvalue weighted by Crippen LogP contribution is 2.25. The van der Waals surface area contributed by atoms with E-state index in [1.165, 1.54) is 12.1 Å². The summed E-state index contributed by atoms with van der Waals surface area (Å²) >= 11 is 1.54. The molecule has 5 nitrogen and oxygen atoms in total. The number of carbonyl (C=O) groups is 2. The molecular weight excluding hydrogens is 386 g/mol. The number of likely N-dealkylation sites (N-methyl/N-ethyl adjacent to an activating group) is 1. The minimum Gasteiger partial charge on any atom is -0.435 e. The Kier molecular flexibility index (Phi) is 6.51.